The quantitative estimate of drug-likeness (QED) is 0.343. The minimum atomic E-state index is -1.12. The molecule has 1 aromatic carbocycles. The van der Waals surface area contributed by atoms with Gasteiger partial charge in [0.05, 0.1) is 30.7 Å². The van der Waals surface area contributed by atoms with Crippen molar-refractivity contribution in [3.63, 3.8) is 0 Å². The maximum Gasteiger partial charge on any atom is 0.338 e. The van der Waals surface area contributed by atoms with Crippen molar-refractivity contribution in [2.45, 2.75) is 31.3 Å². The van der Waals surface area contributed by atoms with Crippen LogP contribution in [0.15, 0.2) is 64.4 Å². The van der Waals surface area contributed by atoms with Crippen LogP contribution in [0.4, 0.5) is 15.0 Å². The van der Waals surface area contributed by atoms with Gasteiger partial charge in [-0.2, -0.15) is 0 Å². The first kappa shape index (κ1) is 31.6. The Kier molecular flexibility index (Phi) is 8.53. The molecular formula is C31H31ClFN7O5S. The predicted octanol–water partition coefficient (Wildman–Crippen LogP) is 3.84. The van der Waals surface area contributed by atoms with Gasteiger partial charge in [-0.05, 0) is 37.6 Å². The second-order valence-corrected chi connectivity index (χ2v) is 13.0. The van der Waals surface area contributed by atoms with Gasteiger partial charge in [-0.25, -0.2) is 23.9 Å². The largest absolute Gasteiger partial charge is 0.481 e. The lowest BCUT2D eigenvalue weighted by atomic mass is 9.86. The number of carboxylic acid groups (broad SMARTS) is 1. The molecule has 2 saturated heterocycles. The van der Waals surface area contributed by atoms with E-state index in [1.807, 2.05) is 5.38 Å². The number of methoxy groups -OCH3 is 1. The number of carbonyl (C=O) groups excluding carboxylic acids is 2. The van der Waals surface area contributed by atoms with Gasteiger partial charge < -0.3 is 20.1 Å². The normalized spacial score (nSPS) is 20.4. The molecule has 0 aliphatic carbocycles. The predicted molar refractivity (Wildman–Crippen MR) is 170 cm³/mol. The van der Waals surface area contributed by atoms with Crippen LogP contribution in [-0.2, 0) is 19.7 Å². The molecule has 3 aliphatic rings. The topological polar surface area (TPSA) is 141 Å². The van der Waals surface area contributed by atoms with Gasteiger partial charge in [0.2, 0.25) is 0 Å². The number of hydrogen-bond acceptors (Lipinski definition) is 10. The van der Waals surface area contributed by atoms with E-state index in [2.05, 4.69) is 20.2 Å². The van der Waals surface area contributed by atoms with Crippen LogP contribution in [0, 0.1) is 5.82 Å². The van der Waals surface area contributed by atoms with Crippen molar-refractivity contribution in [1.29, 1.82) is 0 Å². The van der Waals surface area contributed by atoms with Gasteiger partial charge in [-0.15, -0.1) is 11.3 Å². The van der Waals surface area contributed by atoms with E-state index in [4.69, 9.17) is 21.3 Å². The first-order valence-corrected chi connectivity index (χ1v) is 15.7. The third kappa shape index (κ3) is 5.83. The fraction of sp³-hybridized carbons (Fsp3) is 0.355. The molecule has 2 atom stereocenters. The molecule has 6 rings (SSSR count). The fourth-order valence-electron chi connectivity index (χ4n) is 5.84. The summed E-state index contributed by atoms with van der Waals surface area (Å²) in [5.74, 6) is -1.18. The number of nitrogens with one attached hydrogen (secondary N) is 1. The van der Waals surface area contributed by atoms with Gasteiger partial charge in [0, 0.05) is 60.2 Å². The van der Waals surface area contributed by atoms with Gasteiger partial charge in [0.25, 0.3) is 0 Å². The van der Waals surface area contributed by atoms with E-state index >= 15 is 0 Å². The van der Waals surface area contributed by atoms with Crippen LogP contribution in [0.3, 0.4) is 0 Å². The standard InChI is InChI=1S/C31H31ClFN7O5S/c1-31(2,29(42)43)17-4-7-23(35-13-17)40-15-19-14-38(9-10-39(19)30(40)44)16-22-24(28(41)45-3)25(20-6-5-18(33)12-21(20)32)37-26(36-22)27-34-8-11-46-27/h4-8,11-13,19,25H,9-10,14-16H2,1-3H3,(H,36,37)(H,42,43)/t19-,25-/m0/s1. The lowest BCUT2D eigenvalue weighted by molar-refractivity contribution is -0.142. The number of amidine groups is 1. The highest BCUT2D eigenvalue weighted by Crippen LogP contribution is 2.37. The maximum absolute atomic E-state index is 14.0. The summed E-state index contributed by atoms with van der Waals surface area (Å²) in [5, 5.41) is 15.4. The molecular weight excluding hydrogens is 637 g/mol. The number of aliphatic carboxylic acids is 1. The van der Waals surface area contributed by atoms with Crippen LogP contribution < -0.4 is 10.2 Å². The third-order valence-electron chi connectivity index (χ3n) is 8.52. The second-order valence-electron chi connectivity index (χ2n) is 11.7. The van der Waals surface area contributed by atoms with Gasteiger partial charge in [0.15, 0.2) is 10.8 Å². The molecule has 2 fully saturated rings. The van der Waals surface area contributed by atoms with Gasteiger partial charge in [0.1, 0.15) is 17.7 Å². The number of halogens is 2. The number of aliphatic imine (C=N–C) groups is 1. The number of thiazole rings is 1. The molecule has 2 aromatic heterocycles. The van der Waals surface area contributed by atoms with Crippen molar-refractivity contribution in [2.24, 2.45) is 4.99 Å². The van der Waals surface area contributed by atoms with Crippen molar-refractivity contribution < 1.29 is 28.6 Å². The Hall–Kier alpha value is -4.40. The average Bonchev–Trinajstić information content (AvgIpc) is 3.69. The number of rotatable bonds is 8. The summed E-state index contributed by atoms with van der Waals surface area (Å²) in [6.07, 6.45) is 3.15. The van der Waals surface area contributed by atoms with E-state index < -0.39 is 29.2 Å². The number of aromatic nitrogens is 2. The zero-order chi connectivity index (χ0) is 32.7. The summed E-state index contributed by atoms with van der Waals surface area (Å²) in [6.45, 7) is 5.39. The molecule has 0 radical (unpaired) electrons. The molecule has 5 heterocycles. The van der Waals surface area contributed by atoms with Crippen LogP contribution in [0.5, 0.6) is 0 Å². The summed E-state index contributed by atoms with van der Waals surface area (Å²) >= 11 is 7.85. The summed E-state index contributed by atoms with van der Waals surface area (Å²) in [5.41, 5.74) is 0.662. The number of fused-ring (bicyclic) bond motifs is 1. The molecule has 2 amide bonds. The molecule has 15 heteroatoms. The fourth-order valence-corrected chi connectivity index (χ4v) is 6.70. The molecule has 12 nitrogen and oxygen atoms in total. The molecule has 0 spiro atoms. The number of anilines is 1. The number of pyridine rings is 1. The smallest absolute Gasteiger partial charge is 0.338 e. The van der Waals surface area contributed by atoms with Crippen molar-refractivity contribution in [1.82, 2.24) is 25.1 Å². The summed E-state index contributed by atoms with van der Waals surface area (Å²) in [6, 6.07) is 6.13. The Morgan fingerprint density at radius 3 is 2.65 bits per heavy atom. The van der Waals surface area contributed by atoms with Crippen LogP contribution in [0.2, 0.25) is 5.02 Å². The highest BCUT2D eigenvalue weighted by molar-refractivity contribution is 7.11. The van der Waals surface area contributed by atoms with E-state index in [0.717, 1.165) is 0 Å². The maximum atomic E-state index is 14.0. The molecule has 0 unspecified atom stereocenters. The van der Waals surface area contributed by atoms with E-state index in [1.54, 1.807) is 42.0 Å². The third-order valence-corrected chi connectivity index (χ3v) is 9.63. The molecule has 0 bridgehead atoms. The number of benzene rings is 1. The van der Waals surface area contributed by atoms with Crippen LogP contribution in [0.25, 0.3) is 0 Å². The first-order valence-electron chi connectivity index (χ1n) is 14.5. The van der Waals surface area contributed by atoms with Crippen molar-refractivity contribution in [3.8, 4) is 0 Å². The van der Waals surface area contributed by atoms with E-state index in [1.165, 1.54) is 42.8 Å². The van der Waals surface area contributed by atoms with Crippen molar-refractivity contribution >= 4 is 52.6 Å². The highest BCUT2D eigenvalue weighted by atomic mass is 35.5. The number of piperazine rings is 1. The number of amides is 2. The average molecular weight is 668 g/mol. The Labute approximate surface area is 273 Å². The second kappa shape index (κ2) is 12.4. The SMILES string of the molecule is COC(=O)C1=C(CN2CCN3C(=O)N(c4ccc(C(C)(C)C(=O)O)cn4)C[C@@H]3C2)NC(c2nccs2)=N[C@H]1c1ccc(F)cc1Cl. The zero-order valence-corrected chi connectivity index (χ0v) is 26.8. The minimum absolute atomic E-state index is 0.126. The molecule has 3 aromatic rings. The van der Waals surface area contributed by atoms with Crippen LogP contribution in [-0.4, -0.2) is 94.6 Å². The Balaban J connectivity index is 1.26. The van der Waals surface area contributed by atoms with Gasteiger partial charge in [-0.1, -0.05) is 23.7 Å². The van der Waals surface area contributed by atoms with Crippen molar-refractivity contribution in [2.75, 3.05) is 44.7 Å². The Bertz CT molecular complexity index is 1750. The van der Waals surface area contributed by atoms with E-state index in [0.29, 0.717) is 66.2 Å². The molecule has 0 saturated carbocycles. The van der Waals surface area contributed by atoms with Crippen LogP contribution >= 0.6 is 22.9 Å². The number of esters is 1. The number of carbonyl (C=O) groups is 3. The molecule has 46 heavy (non-hydrogen) atoms. The van der Waals surface area contributed by atoms with E-state index in [-0.39, 0.29) is 22.7 Å². The summed E-state index contributed by atoms with van der Waals surface area (Å²) < 4.78 is 19.2. The first-order chi connectivity index (χ1) is 22.0. The van der Waals surface area contributed by atoms with Crippen LogP contribution in [0.1, 0.15) is 36.0 Å². The molecule has 2 N–H and O–H groups in total. The molecule has 240 valence electrons. The number of hydrogen-bond donors (Lipinski definition) is 2. The summed E-state index contributed by atoms with van der Waals surface area (Å²) in [4.78, 5) is 57.5. The number of urea groups is 1. The highest BCUT2D eigenvalue weighted by Gasteiger charge is 2.43. The Morgan fingerprint density at radius 2 is 2.00 bits per heavy atom. The van der Waals surface area contributed by atoms with Gasteiger partial charge >= 0.3 is 18.0 Å². The Morgan fingerprint density at radius 1 is 1.20 bits per heavy atom. The molecule has 3 aliphatic heterocycles. The lowest BCUT2D eigenvalue weighted by Crippen LogP contribution is -2.53. The number of nitrogens with zero attached hydrogens (tertiary/aromatic N) is 6. The van der Waals surface area contributed by atoms with Crippen molar-refractivity contribution in [3.05, 3.63) is 86.4 Å². The van der Waals surface area contributed by atoms with E-state index in [9.17, 15) is 23.9 Å². The monoisotopic (exact) mass is 667 g/mol. The minimum Gasteiger partial charge on any atom is -0.481 e. The summed E-state index contributed by atoms with van der Waals surface area (Å²) in [7, 11) is 1.29. The van der Waals surface area contributed by atoms with Gasteiger partial charge in [-0.3, -0.25) is 19.6 Å². The lowest BCUT2D eigenvalue weighted by Gasteiger charge is -2.38. The number of carboxylic acids is 1. The zero-order valence-electron chi connectivity index (χ0n) is 25.2. The number of ether oxygens (including phenoxy) is 1.